The third kappa shape index (κ3) is 2.03. The molecular formula is C10H12BrNO2S. The van der Waals surface area contributed by atoms with Gasteiger partial charge in [0.15, 0.2) is 9.84 Å². The predicted molar refractivity (Wildman–Crippen MR) is 63.9 cm³/mol. The van der Waals surface area contributed by atoms with Crippen molar-refractivity contribution in [3.05, 3.63) is 22.7 Å². The smallest absolute Gasteiger partial charge is 0.182 e. The van der Waals surface area contributed by atoms with Crippen molar-refractivity contribution in [2.75, 3.05) is 11.1 Å². The van der Waals surface area contributed by atoms with Crippen molar-refractivity contribution in [1.82, 2.24) is 0 Å². The molecule has 1 aromatic carbocycles. The molecule has 1 aromatic rings. The minimum absolute atomic E-state index is 0.0248. The lowest BCUT2D eigenvalue weighted by atomic mass is 10.2. The number of nitrogens with one attached hydrogen (secondary N) is 1. The molecule has 1 unspecified atom stereocenters. The van der Waals surface area contributed by atoms with Gasteiger partial charge in [0, 0.05) is 10.5 Å². The Balaban J connectivity index is 2.55. The zero-order valence-electron chi connectivity index (χ0n) is 8.33. The van der Waals surface area contributed by atoms with Crippen LogP contribution in [0.3, 0.4) is 0 Å². The minimum Gasteiger partial charge on any atom is -0.380 e. The van der Waals surface area contributed by atoms with Gasteiger partial charge in [-0.2, -0.15) is 0 Å². The van der Waals surface area contributed by atoms with Gasteiger partial charge in [0.1, 0.15) is 0 Å². The standard InChI is InChI=1S/C10H12BrNO2S/c1-2-8-6-15(13,14)10-4-3-7(11)5-9(10)12-8/h3-5,8,12H,2,6H2,1H3. The average molecular weight is 290 g/mol. The van der Waals surface area contributed by atoms with Crippen LogP contribution in [-0.4, -0.2) is 20.2 Å². The highest BCUT2D eigenvalue weighted by atomic mass is 79.9. The molecule has 0 bridgehead atoms. The van der Waals surface area contributed by atoms with E-state index in [9.17, 15) is 8.42 Å². The van der Waals surface area contributed by atoms with Crippen molar-refractivity contribution in [3.63, 3.8) is 0 Å². The summed E-state index contributed by atoms with van der Waals surface area (Å²) in [5, 5.41) is 3.23. The summed E-state index contributed by atoms with van der Waals surface area (Å²) < 4.78 is 24.7. The van der Waals surface area contributed by atoms with Gasteiger partial charge in [-0.15, -0.1) is 0 Å². The number of rotatable bonds is 1. The van der Waals surface area contributed by atoms with E-state index in [2.05, 4.69) is 21.2 Å². The predicted octanol–water partition coefficient (Wildman–Crippen LogP) is 2.43. The zero-order valence-corrected chi connectivity index (χ0v) is 10.7. The van der Waals surface area contributed by atoms with Gasteiger partial charge in [-0.05, 0) is 24.6 Å². The van der Waals surface area contributed by atoms with E-state index in [0.717, 1.165) is 10.9 Å². The number of benzene rings is 1. The fourth-order valence-electron chi connectivity index (χ4n) is 1.72. The zero-order chi connectivity index (χ0) is 11.1. The van der Waals surface area contributed by atoms with Gasteiger partial charge in [-0.25, -0.2) is 8.42 Å². The fraction of sp³-hybridized carbons (Fsp3) is 0.400. The van der Waals surface area contributed by atoms with Crippen LogP contribution >= 0.6 is 15.9 Å². The fourth-order valence-corrected chi connectivity index (χ4v) is 3.84. The van der Waals surface area contributed by atoms with E-state index >= 15 is 0 Å². The van der Waals surface area contributed by atoms with Crippen LogP contribution in [0, 0.1) is 0 Å². The largest absolute Gasteiger partial charge is 0.380 e. The second-order valence-corrected chi connectivity index (χ2v) is 6.59. The molecule has 15 heavy (non-hydrogen) atoms. The van der Waals surface area contributed by atoms with Crippen molar-refractivity contribution in [3.8, 4) is 0 Å². The summed E-state index contributed by atoms with van der Waals surface area (Å²) in [4.78, 5) is 0.412. The maximum atomic E-state index is 11.9. The Labute approximate surface area is 97.9 Å². The Morgan fingerprint density at radius 2 is 2.27 bits per heavy atom. The summed E-state index contributed by atoms with van der Waals surface area (Å²) >= 11 is 3.33. The molecule has 0 saturated heterocycles. The van der Waals surface area contributed by atoms with Gasteiger partial charge < -0.3 is 5.32 Å². The highest BCUT2D eigenvalue weighted by Crippen LogP contribution is 2.31. The first kappa shape index (κ1) is 11.0. The number of hydrogen-bond donors (Lipinski definition) is 1. The molecule has 3 nitrogen and oxygen atoms in total. The van der Waals surface area contributed by atoms with Crippen molar-refractivity contribution >= 4 is 31.5 Å². The molecule has 0 aliphatic carbocycles. The Morgan fingerprint density at radius 3 is 2.93 bits per heavy atom. The van der Waals surface area contributed by atoms with E-state index in [1.807, 2.05) is 13.0 Å². The third-order valence-corrected chi connectivity index (χ3v) is 4.91. The van der Waals surface area contributed by atoms with Crippen LogP contribution in [0.15, 0.2) is 27.6 Å². The molecule has 5 heteroatoms. The van der Waals surface area contributed by atoms with Crippen LogP contribution in [0.2, 0.25) is 0 Å². The Bertz CT molecular complexity index is 484. The van der Waals surface area contributed by atoms with Crippen molar-refractivity contribution in [1.29, 1.82) is 0 Å². The molecule has 1 aliphatic heterocycles. The SMILES string of the molecule is CCC1CS(=O)(=O)c2ccc(Br)cc2N1. The summed E-state index contributed by atoms with van der Waals surface area (Å²) in [6.45, 7) is 1.98. The van der Waals surface area contributed by atoms with Gasteiger partial charge in [-0.3, -0.25) is 0 Å². The molecule has 1 heterocycles. The molecule has 1 N–H and O–H groups in total. The number of sulfone groups is 1. The molecule has 1 aliphatic rings. The lowest BCUT2D eigenvalue weighted by molar-refractivity contribution is 0.583. The summed E-state index contributed by atoms with van der Waals surface area (Å²) in [6, 6.07) is 5.24. The highest BCUT2D eigenvalue weighted by Gasteiger charge is 2.28. The molecule has 0 radical (unpaired) electrons. The maximum Gasteiger partial charge on any atom is 0.182 e. The number of halogens is 1. The number of fused-ring (bicyclic) bond motifs is 1. The lowest BCUT2D eigenvalue weighted by Gasteiger charge is -2.26. The summed E-state index contributed by atoms with van der Waals surface area (Å²) in [5.74, 6) is 0.193. The normalized spacial score (nSPS) is 22.9. The highest BCUT2D eigenvalue weighted by molar-refractivity contribution is 9.10. The first-order valence-electron chi connectivity index (χ1n) is 4.82. The monoisotopic (exact) mass is 289 g/mol. The van der Waals surface area contributed by atoms with E-state index in [-0.39, 0.29) is 11.8 Å². The Hall–Kier alpha value is -0.550. The van der Waals surface area contributed by atoms with Gasteiger partial charge in [0.2, 0.25) is 0 Å². The van der Waals surface area contributed by atoms with E-state index in [0.29, 0.717) is 10.6 Å². The molecule has 2 rings (SSSR count). The van der Waals surface area contributed by atoms with E-state index in [1.165, 1.54) is 0 Å². The summed E-state index contributed by atoms with van der Waals surface area (Å²) in [6.07, 6.45) is 0.811. The lowest BCUT2D eigenvalue weighted by Crippen LogP contribution is -2.33. The van der Waals surface area contributed by atoms with Gasteiger partial charge in [0.25, 0.3) is 0 Å². The van der Waals surface area contributed by atoms with Gasteiger partial charge in [0.05, 0.1) is 16.3 Å². The molecule has 0 aromatic heterocycles. The van der Waals surface area contributed by atoms with E-state index in [1.54, 1.807) is 12.1 Å². The maximum absolute atomic E-state index is 11.9. The first-order chi connectivity index (χ1) is 7.03. The van der Waals surface area contributed by atoms with E-state index < -0.39 is 9.84 Å². The van der Waals surface area contributed by atoms with Crippen LogP contribution in [0.1, 0.15) is 13.3 Å². The van der Waals surface area contributed by atoms with Crippen LogP contribution in [-0.2, 0) is 9.84 Å². The molecule has 0 spiro atoms. The Kier molecular flexibility index (Phi) is 2.77. The molecule has 1 atom stereocenters. The second-order valence-electron chi connectivity index (χ2n) is 3.67. The summed E-state index contributed by atoms with van der Waals surface area (Å²) in [5.41, 5.74) is 0.711. The third-order valence-electron chi connectivity index (χ3n) is 2.55. The Morgan fingerprint density at radius 1 is 1.53 bits per heavy atom. The van der Waals surface area contributed by atoms with Crippen LogP contribution in [0.5, 0.6) is 0 Å². The van der Waals surface area contributed by atoms with Crippen LogP contribution in [0.4, 0.5) is 5.69 Å². The minimum atomic E-state index is -3.10. The van der Waals surface area contributed by atoms with E-state index in [4.69, 9.17) is 0 Å². The molecule has 0 fully saturated rings. The van der Waals surface area contributed by atoms with Crippen molar-refractivity contribution in [2.45, 2.75) is 24.3 Å². The van der Waals surface area contributed by atoms with Crippen molar-refractivity contribution in [2.24, 2.45) is 0 Å². The average Bonchev–Trinajstić information content (AvgIpc) is 2.15. The van der Waals surface area contributed by atoms with Crippen molar-refractivity contribution < 1.29 is 8.42 Å². The first-order valence-corrected chi connectivity index (χ1v) is 7.26. The van der Waals surface area contributed by atoms with Gasteiger partial charge >= 0.3 is 0 Å². The number of hydrogen-bond acceptors (Lipinski definition) is 3. The van der Waals surface area contributed by atoms with Gasteiger partial charge in [-0.1, -0.05) is 22.9 Å². The molecule has 0 amide bonds. The molecule has 0 saturated carbocycles. The quantitative estimate of drug-likeness (QED) is 0.864. The molecule has 82 valence electrons. The number of anilines is 1. The van der Waals surface area contributed by atoms with Crippen LogP contribution in [0.25, 0.3) is 0 Å². The summed E-state index contributed by atoms with van der Waals surface area (Å²) in [7, 11) is -3.10. The molecular weight excluding hydrogens is 278 g/mol. The van der Waals surface area contributed by atoms with Crippen LogP contribution < -0.4 is 5.32 Å². The second kappa shape index (κ2) is 3.79. The topological polar surface area (TPSA) is 46.2 Å².